The topological polar surface area (TPSA) is 48.3 Å². The second-order valence-electron chi connectivity index (χ2n) is 6.33. The molecule has 1 aliphatic heterocycles. The standard InChI is InChI=1S/C16H23N3OS/c17-6-2-7-19(11-14-3-1-8-20-14)16(21)18-15-10-12-4-5-13(15)9-12/h4-5,12-15H,1-3,7-11H2,(H,18,21)/t12-,13-,14+,15+/m0/s1. The maximum atomic E-state index is 8.85. The molecule has 0 aromatic carbocycles. The van der Waals surface area contributed by atoms with Crippen LogP contribution in [-0.4, -0.2) is 41.9 Å². The molecule has 2 aliphatic carbocycles. The first-order valence-corrected chi connectivity index (χ1v) is 8.39. The number of hydrogen-bond donors (Lipinski definition) is 1. The summed E-state index contributed by atoms with van der Waals surface area (Å²) in [5, 5.41) is 13.2. The molecular formula is C16H23N3OS. The van der Waals surface area contributed by atoms with Crippen molar-refractivity contribution in [3.63, 3.8) is 0 Å². The summed E-state index contributed by atoms with van der Waals surface area (Å²) >= 11 is 5.60. The Morgan fingerprint density at radius 2 is 2.33 bits per heavy atom. The van der Waals surface area contributed by atoms with Gasteiger partial charge in [0.05, 0.1) is 18.6 Å². The van der Waals surface area contributed by atoms with Gasteiger partial charge in [-0.25, -0.2) is 0 Å². The minimum Gasteiger partial charge on any atom is -0.376 e. The van der Waals surface area contributed by atoms with Crippen LogP contribution in [0.3, 0.4) is 0 Å². The zero-order valence-corrected chi connectivity index (χ0v) is 13.1. The summed E-state index contributed by atoms with van der Waals surface area (Å²) < 4.78 is 5.71. The van der Waals surface area contributed by atoms with E-state index in [4.69, 9.17) is 22.2 Å². The number of allylic oxidation sites excluding steroid dienone is 1. The molecule has 1 saturated heterocycles. The summed E-state index contributed by atoms with van der Waals surface area (Å²) in [5.41, 5.74) is 0. The lowest BCUT2D eigenvalue weighted by Gasteiger charge is -2.31. The van der Waals surface area contributed by atoms with Gasteiger partial charge in [0.1, 0.15) is 0 Å². The normalized spacial score (nSPS) is 33.1. The van der Waals surface area contributed by atoms with Crippen LogP contribution in [-0.2, 0) is 4.74 Å². The molecule has 0 radical (unpaired) electrons. The molecule has 1 heterocycles. The molecule has 3 rings (SSSR count). The third kappa shape index (κ3) is 3.56. The first kappa shape index (κ1) is 14.8. The Bertz CT molecular complexity index is 453. The number of fused-ring (bicyclic) bond motifs is 2. The summed E-state index contributed by atoms with van der Waals surface area (Å²) in [5.74, 6) is 1.37. The van der Waals surface area contributed by atoms with Gasteiger partial charge in [0.15, 0.2) is 5.11 Å². The van der Waals surface area contributed by atoms with E-state index in [1.165, 1.54) is 12.8 Å². The molecule has 4 atom stereocenters. The van der Waals surface area contributed by atoms with Gasteiger partial charge in [-0.2, -0.15) is 5.26 Å². The van der Waals surface area contributed by atoms with E-state index in [0.29, 0.717) is 24.9 Å². The van der Waals surface area contributed by atoms with Crippen molar-refractivity contribution >= 4 is 17.3 Å². The first-order chi connectivity index (χ1) is 10.3. The van der Waals surface area contributed by atoms with Crippen molar-refractivity contribution in [3.05, 3.63) is 12.2 Å². The van der Waals surface area contributed by atoms with Gasteiger partial charge in [-0.1, -0.05) is 12.2 Å². The van der Waals surface area contributed by atoms with E-state index in [1.807, 2.05) is 0 Å². The van der Waals surface area contributed by atoms with E-state index >= 15 is 0 Å². The SMILES string of the molecule is N#CCCN(C[C@H]1CCCO1)C(=S)N[C@@H]1C[C@H]2C=C[C@H]1C2. The lowest BCUT2D eigenvalue weighted by molar-refractivity contribution is 0.0912. The molecule has 114 valence electrons. The molecule has 0 aromatic heterocycles. The average molecular weight is 305 g/mol. The largest absolute Gasteiger partial charge is 0.376 e. The number of ether oxygens (including phenoxy) is 1. The van der Waals surface area contributed by atoms with Crippen LogP contribution in [0.25, 0.3) is 0 Å². The maximum Gasteiger partial charge on any atom is 0.169 e. The van der Waals surface area contributed by atoms with Gasteiger partial charge in [-0.15, -0.1) is 0 Å². The number of nitrogens with one attached hydrogen (secondary N) is 1. The van der Waals surface area contributed by atoms with Crippen LogP contribution in [0.1, 0.15) is 32.1 Å². The second-order valence-corrected chi connectivity index (χ2v) is 6.71. The van der Waals surface area contributed by atoms with Gasteiger partial charge in [-0.3, -0.25) is 0 Å². The highest BCUT2D eigenvalue weighted by atomic mass is 32.1. The van der Waals surface area contributed by atoms with E-state index in [9.17, 15) is 0 Å². The molecule has 4 nitrogen and oxygen atoms in total. The molecule has 21 heavy (non-hydrogen) atoms. The molecule has 0 spiro atoms. The zero-order valence-electron chi connectivity index (χ0n) is 12.3. The maximum absolute atomic E-state index is 8.85. The van der Waals surface area contributed by atoms with Gasteiger partial charge in [0, 0.05) is 25.7 Å². The number of nitriles is 1. The molecule has 1 N–H and O–H groups in total. The molecule has 0 amide bonds. The Labute approximate surface area is 132 Å². The van der Waals surface area contributed by atoms with Gasteiger partial charge >= 0.3 is 0 Å². The minimum absolute atomic E-state index is 0.267. The Morgan fingerprint density at radius 1 is 1.43 bits per heavy atom. The van der Waals surface area contributed by atoms with Gasteiger partial charge in [-0.05, 0) is 49.7 Å². The molecule has 0 aromatic rings. The van der Waals surface area contributed by atoms with Crippen molar-refractivity contribution in [1.29, 1.82) is 5.26 Å². The Hall–Kier alpha value is -1.12. The summed E-state index contributed by atoms with van der Waals surface area (Å²) in [7, 11) is 0. The van der Waals surface area contributed by atoms with E-state index in [0.717, 1.165) is 37.0 Å². The summed E-state index contributed by atoms with van der Waals surface area (Å²) in [6.45, 7) is 2.36. The first-order valence-electron chi connectivity index (χ1n) is 7.98. The zero-order chi connectivity index (χ0) is 14.7. The highest BCUT2D eigenvalue weighted by Gasteiger charge is 2.36. The van der Waals surface area contributed by atoms with Crippen LogP contribution >= 0.6 is 12.2 Å². The van der Waals surface area contributed by atoms with Gasteiger partial charge in [0.2, 0.25) is 0 Å². The fourth-order valence-corrected chi connectivity index (χ4v) is 4.01. The van der Waals surface area contributed by atoms with Crippen molar-refractivity contribution in [1.82, 2.24) is 10.2 Å². The van der Waals surface area contributed by atoms with Crippen LogP contribution in [0.2, 0.25) is 0 Å². The Morgan fingerprint density at radius 3 is 2.95 bits per heavy atom. The molecule has 0 unspecified atom stereocenters. The predicted octanol–water partition coefficient (Wildman–Crippen LogP) is 2.22. The highest BCUT2D eigenvalue weighted by Crippen LogP contribution is 2.39. The van der Waals surface area contributed by atoms with E-state index in [2.05, 4.69) is 28.4 Å². The second kappa shape index (κ2) is 6.76. The van der Waals surface area contributed by atoms with Gasteiger partial charge < -0.3 is 15.0 Å². The molecule has 5 heteroatoms. The summed E-state index contributed by atoms with van der Waals surface area (Å²) in [6, 6.07) is 2.69. The number of rotatable bonds is 5. The lowest BCUT2D eigenvalue weighted by atomic mass is 10.0. The van der Waals surface area contributed by atoms with E-state index in [-0.39, 0.29) is 6.10 Å². The Balaban J connectivity index is 1.54. The molecule has 1 saturated carbocycles. The number of nitrogens with zero attached hydrogens (tertiary/aromatic N) is 2. The van der Waals surface area contributed by atoms with E-state index < -0.39 is 0 Å². The quantitative estimate of drug-likeness (QED) is 0.623. The van der Waals surface area contributed by atoms with Crippen LogP contribution in [0.5, 0.6) is 0 Å². The Kier molecular flexibility index (Phi) is 4.77. The van der Waals surface area contributed by atoms with Crippen LogP contribution in [0.4, 0.5) is 0 Å². The fraction of sp³-hybridized carbons (Fsp3) is 0.750. The highest BCUT2D eigenvalue weighted by molar-refractivity contribution is 7.80. The third-order valence-electron chi connectivity index (χ3n) is 4.82. The summed E-state index contributed by atoms with van der Waals surface area (Å²) in [6.07, 6.45) is 10.1. The molecule has 2 fully saturated rings. The van der Waals surface area contributed by atoms with Crippen molar-refractivity contribution in [3.8, 4) is 6.07 Å². The van der Waals surface area contributed by atoms with E-state index in [1.54, 1.807) is 0 Å². The summed E-state index contributed by atoms with van der Waals surface area (Å²) in [4.78, 5) is 2.13. The monoisotopic (exact) mass is 305 g/mol. The minimum atomic E-state index is 0.267. The third-order valence-corrected chi connectivity index (χ3v) is 5.19. The molecule has 3 aliphatic rings. The van der Waals surface area contributed by atoms with Crippen LogP contribution < -0.4 is 5.32 Å². The molecule has 2 bridgehead atoms. The van der Waals surface area contributed by atoms with Crippen LogP contribution in [0, 0.1) is 23.2 Å². The van der Waals surface area contributed by atoms with Crippen molar-refractivity contribution in [2.75, 3.05) is 19.7 Å². The number of thiocarbonyl (C=S) groups is 1. The van der Waals surface area contributed by atoms with Gasteiger partial charge in [0.25, 0.3) is 0 Å². The van der Waals surface area contributed by atoms with Crippen molar-refractivity contribution < 1.29 is 4.74 Å². The predicted molar refractivity (Wildman–Crippen MR) is 85.7 cm³/mol. The average Bonchev–Trinajstić information content (AvgIpc) is 3.20. The van der Waals surface area contributed by atoms with Crippen molar-refractivity contribution in [2.45, 2.75) is 44.2 Å². The molecular weight excluding hydrogens is 282 g/mol. The number of hydrogen-bond acceptors (Lipinski definition) is 3. The van der Waals surface area contributed by atoms with Crippen molar-refractivity contribution in [2.24, 2.45) is 11.8 Å². The van der Waals surface area contributed by atoms with Crippen LogP contribution in [0.15, 0.2) is 12.2 Å². The lowest BCUT2D eigenvalue weighted by Crippen LogP contribution is -2.48. The smallest absolute Gasteiger partial charge is 0.169 e. The fourth-order valence-electron chi connectivity index (χ4n) is 3.69.